The first-order valence-electron chi connectivity index (χ1n) is 13.0. The Kier molecular flexibility index (Phi) is 10.2. The Morgan fingerprint density at radius 3 is 1.81 bits per heavy atom. The second-order valence-corrected chi connectivity index (χ2v) is 9.52. The van der Waals surface area contributed by atoms with E-state index in [1.54, 1.807) is 5.56 Å². The van der Waals surface area contributed by atoms with Crippen molar-refractivity contribution in [3.8, 4) is 11.8 Å². The molecule has 1 saturated carbocycles. The van der Waals surface area contributed by atoms with E-state index in [1.807, 2.05) is 0 Å². The Hall–Kier alpha value is -2.00. The van der Waals surface area contributed by atoms with Crippen LogP contribution < -0.4 is 0 Å². The molecule has 0 amide bonds. The van der Waals surface area contributed by atoms with Crippen LogP contribution in [0.2, 0.25) is 0 Å². The molecule has 0 aliphatic heterocycles. The van der Waals surface area contributed by atoms with Crippen molar-refractivity contribution in [2.75, 3.05) is 0 Å². The minimum absolute atomic E-state index is 0.568. The van der Waals surface area contributed by atoms with E-state index in [4.69, 9.17) is 0 Å². The summed E-state index contributed by atoms with van der Waals surface area (Å²) in [6, 6.07) is 18.5. The van der Waals surface area contributed by atoms with E-state index in [2.05, 4.69) is 74.2 Å². The highest BCUT2D eigenvalue weighted by molar-refractivity contribution is 5.37. The first kappa shape index (κ1) is 23.7. The van der Waals surface area contributed by atoms with Gasteiger partial charge in [0.25, 0.3) is 0 Å². The van der Waals surface area contributed by atoms with Crippen molar-refractivity contribution in [1.29, 1.82) is 0 Å². The van der Waals surface area contributed by atoms with E-state index in [-0.39, 0.29) is 0 Å². The lowest BCUT2D eigenvalue weighted by molar-refractivity contribution is 0.384. The lowest BCUT2D eigenvalue weighted by atomic mass is 9.78. The molecule has 0 atom stereocenters. The van der Waals surface area contributed by atoms with Crippen molar-refractivity contribution in [2.24, 2.45) is 5.92 Å². The van der Waals surface area contributed by atoms with Gasteiger partial charge in [0.2, 0.25) is 0 Å². The van der Waals surface area contributed by atoms with Gasteiger partial charge in [-0.3, -0.25) is 0 Å². The Morgan fingerprint density at radius 1 is 0.645 bits per heavy atom. The standard InChI is InChI=1S/C31H42/c1-3-5-7-9-11-26-12-14-28(15-13-26)16-17-29-20-24-31(25-21-29)30-22-18-27(19-23-30)10-8-6-4-2/h12-15,18-19,22-23,29,31H,3-11,20-21,24-25H2,1-2H3. The third-order valence-electron chi connectivity index (χ3n) is 6.94. The van der Waals surface area contributed by atoms with E-state index in [1.165, 1.54) is 100 Å². The van der Waals surface area contributed by atoms with E-state index in [0.29, 0.717) is 5.92 Å². The molecule has 2 aromatic carbocycles. The minimum Gasteiger partial charge on any atom is -0.0945 e. The number of benzene rings is 2. The lowest BCUT2D eigenvalue weighted by Gasteiger charge is -2.26. The van der Waals surface area contributed by atoms with Gasteiger partial charge in [0, 0.05) is 11.5 Å². The van der Waals surface area contributed by atoms with Crippen LogP contribution in [0.15, 0.2) is 48.5 Å². The first-order valence-corrected chi connectivity index (χ1v) is 13.0. The maximum Gasteiger partial charge on any atom is 0.0245 e. The molecule has 0 bridgehead atoms. The summed E-state index contributed by atoms with van der Waals surface area (Å²) in [4.78, 5) is 0. The molecule has 0 aromatic heterocycles. The Bertz CT molecular complexity index is 792. The van der Waals surface area contributed by atoms with Gasteiger partial charge in [-0.25, -0.2) is 0 Å². The Morgan fingerprint density at radius 2 is 1.19 bits per heavy atom. The number of unbranched alkanes of at least 4 members (excludes halogenated alkanes) is 5. The molecule has 1 fully saturated rings. The second-order valence-electron chi connectivity index (χ2n) is 9.52. The third kappa shape index (κ3) is 8.22. The quantitative estimate of drug-likeness (QED) is 0.269. The smallest absolute Gasteiger partial charge is 0.0245 e. The molecule has 0 radical (unpaired) electrons. The number of aryl methyl sites for hydroxylation is 2. The van der Waals surface area contributed by atoms with E-state index in [9.17, 15) is 0 Å². The van der Waals surface area contributed by atoms with Gasteiger partial charge in [-0.1, -0.05) is 94.2 Å². The zero-order chi connectivity index (χ0) is 21.7. The van der Waals surface area contributed by atoms with Crippen molar-refractivity contribution in [3.05, 3.63) is 70.8 Å². The topological polar surface area (TPSA) is 0 Å². The van der Waals surface area contributed by atoms with E-state index < -0.39 is 0 Å². The zero-order valence-electron chi connectivity index (χ0n) is 20.0. The number of rotatable bonds is 10. The Balaban J connectivity index is 1.42. The fraction of sp³-hybridized carbons (Fsp3) is 0.548. The van der Waals surface area contributed by atoms with Gasteiger partial charge in [-0.05, 0) is 86.1 Å². The summed E-state index contributed by atoms with van der Waals surface area (Å²) >= 11 is 0. The molecular formula is C31H42. The van der Waals surface area contributed by atoms with Crippen LogP contribution in [0.25, 0.3) is 0 Å². The maximum atomic E-state index is 3.58. The molecule has 0 unspecified atom stereocenters. The highest BCUT2D eigenvalue weighted by atomic mass is 14.2. The maximum absolute atomic E-state index is 3.58. The van der Waals surface area contributed by atoms with Crippen LogP contribution in [-0.4, -0.2) is 0 Å². The average molecular weight is 415 g/mol. The largest absolute Gasteiger partial charge is 0.0945 e. The highest BCUT2D eigenvalue weighted by Crippen LogP contribution is 2.35. The van der Waals surface area contributed by atoms with E-state index >= 15 is 0 Å². The molecule has 0 N–H and O–H groups in total. The Labute approximate surface area is 191 Å². The summed E-state index contributed by atoms with van der Waals surface area (Å²) in [5.74, 6) is 8.33. The normalized spacial score (nSPS) is 18.4. The van der Waals surface area contributed by atoms with Crippen LogP contribution in [0.4, 0.5) is 0 Å². The van der Waals surface area contributed by atoms with Crippen molar-refractivity contribution >= 4 is 0 Å². The van der Waals surface area contributed by atoms with Crippen LogP contribution in [0, 0.1) is 17.8 Å². The number of hydrogen-bond donors (Lipinski definition) is 0. The summed E-state index contributed by atoms with van der Waals surface area (Å²) in [5, 5.41) is 0. The molecule has 2 aromatic rings. The van der Waals surface area contributed by atoms with Gasteiger partial charge in [-0.2, -0.15) is 0 Å². The molecular weight excluding hydrogens is 372 g/mol. The molecule has 166 valence electrons. The van der Waals surface area contributed by atoms with Crippen LogP contribution in [-0.2, 0) is 12.8 Å². The van der Waals surface area contributed by atoms with Crippen LogP contribution in [0.3, 0.4) is 0 Å². The van der Waals surface area contributed by atoms with Crippen molar-refractivity contribution in [2.45, 2.75) is 103 Å². The summed E-state index contributed by atoms with van der Waals surface area (Å²) in [5.41, 5.74) is 5.68. The molecule has 0 heterocycles. The highest BCUT2D eigenvalue weighted by Gasteiger charge is 2.21. The van der Waals surface area contributed by atoms with Gasteiger partial charge >= 0.3 is 0 Å². The molecule has 1 aliphatic carbocycles. The number of hydrogen-bond acceptors (Lipinski definition) is 0. The van der Waals surface area contributed by atoms with Gasteiger partial charge < -0.3 is 0 Å². The van der Waals surface area contributed by atoms with Crippen molar-refractivity contribution in [3.63, 3.8) is 0 Å². The van der Waals surface area contributed by atoms with Crippen molar-refractivity contribution in [1.82, 2.24) is 0 Å². The molecule has 0 saturated heterocycles. The molecule has 1 aliphatic rings. The monoisotopic (exact) mass is 414 g/mol. The van der Waals surface area contributed by atoms with E-state index in [0.717, 1.165) is 5.92 Å². The second kappa shape index (κ2) is 13.4. The minimum atomic E-state index is 0.568. The van der Waals surface area contributed by atoms with Gasteiger partial charge in [0.1, 0.15) is 0 Å². The van der Waals surface area contributed by atoms with Gasteiger partial charge in [0.15, 0.2) is 0 Å². The van der Waals surface area contributed by atoms with Gasteiger partial charge in [0.05, 0.1) is 0 Å². The zero-order valence-corrected chi connectivity index (χ0v) is 20.0. The van der Waals surface area contributed by atoms with Gasteiger partial charge in [-0.15, -0.1) is 0 Å². The lowest BCUT2D eigenvalue weighted by Crippen LogP contribution is -2.12. The summed E-state index contributed by atoms with van der Waals surface area (Å²) in [6.45, 7) is 4.54. The SMILES string of the molecule is CCCCCCc1ccc(C#CC2CCC(c3ccc(CCCCC)cc3)CC2)cc1. The molecule has 3 rings (SSSR count). The molecule has 0 heteroatoms. The summed E-state index contributed by atoms with van der Waals surface area (Å²) in [7, 11) is 0. The van der Waals surface area contributed by atoms with Crippen LogP contribution >= 0.6 is 0 Å². The third-order valence-corrected chi connectivity index (χ3v) is 6.94. The molecule has 0 spiro atoms. The fourth-order valence-corrected chi connectivity index (χ4v) is 4.80. The van der Waals surface area contributed by atoms with Crippen molar-refractivity contribution < 1.29 is 0 Å². The summed E-state index contributed by atoms with van der Waals surface area (Å²) in [6.07, 6.45) is 16.8. The van der Waals surface area contributed by atoms with Crippen LogP contribution in [0.5, 0.6) is 0 Å². The molecule has 0 nitrogen and oxygen atoms in total. The predicted molar refractivity (Wildman–Crippen MR) is 136 cm³/mol. The summed E-state index contributed by atoms with van der Waals surface area (Å²) < 4.78 is 0. The van der Waals surface area contributed by atoms with Crippen LogP contribution in [0.1, 0.15) is 113 Å². The first-order chi connectivity index (χ1) is 15.3. The molecule has 31 heavy (non-hydrogen) atoms. The fourth-order valence-electron chi connectivity index (χ4n) is 4.80. The average Bonchev–Trinajstić information content (AvgIpc) is 2.82. The predicted octanol–water partition coefficient (Wildman–Crippen LogP) is 8.87.